The standard InChI is InChI=1S/C14H18N4O2S/c1-2-7-18-13(19)16-17-14(18)21-11-8-20-10-6-4-3-5-9(10)12(11)15/h3-6,11-12H,2,7-8,15H2,1H3,(H,16,19). The summed E-state index contributed by atoms with van der Waals surface area (Å²) in [5.41, 5.74) is 7.17. The predicted octanol–water partition coefficient (Wildman–Crippen LogP) is 1.53. The van der Waals surface area contributed by atoms with Crippen LogP contribution in [0.4, 0.5) is 0 Å². The lowest BCUT2D eigenvalue weighted by Crippen LogP contribution is -2.34. The highest BCUT2D eigenvalue weighted by Gasteiger charge is 2.30. The van der Waals surface area contributed by atoms with Gasteiger partial charge in [-0.25, -0.2) is 9.89 Å². The third-order valence-electron chi connectivity index (χ3n) is 3.51. The zero-order valence-electron chi connectivity index (χ0n) is 11.8. The second-order valence-electron chi connectivity index (χ2n) is 4.99. The topological polar surface area (TPSA) is 85.9 Å². The fraction of sp³-hybridized carbons (Fsp3) is 0.429. The normalized spacial score (nSPS) is 20.9. The van der Waals surface area contributed by atoms with Crippen LogP contribution in [0.15, 0.2) is 34.2 Å². The van der Waals surface area contributed by atoms with Crippen LogP contribution in [0.3, 0.4) is 0 Å². The molecule has 0 bridgehead atoms. The van der Waals surface area contributed by atoms with E-state index >= 15 is 0 Å². The second kappa shape index (κ2) is 5.95. The molecule has 1 aliphatic heterocycles. The van der Waals surface area contributed by atoms with Crippen molar-refractivity contribution in [1.29, 1.82) is 0 Å². The van der Waals surface area contributed by atoms with Crippen LogP contribution in [0.25, 0.3) is 0 Å². The van der Waals surface area contributed by atoms with Gasteiger partial charge in [-0.3, -0.25) is 4.57 Å². The fourth-order valence-corrected chi connectivity index (χ4v) is 3.52. The number of hydrogen-bond donors (Lipinski definition) is 2. The van der Waals surface area contributed by atoms with Gasteiger partial charge < -0.3 is 10.5 Å². The highest BCUT2D eigenvalue weighted by atomic mass is 32.2. The Morgan fingerprint density at radius 2 is 2.33 bits per heavy atom. The molecule has 1 aromatic carbocycles. The van der Waals surface area contributed by atoms with Gasteiger partial charge in [0.05, 0.1) is 5.25 Å². The van der Waals surface area contributed by atoms with Gasteiger partial charge in [0.15, 0.2) is 5.16 Å². The lowest BCUT2D eigenvalue weighted by Gasteiger charge is -2.30. The lowest BCUT2D eigenvalue weighted by molar-refractivity contribution is 0.275. The largest absolute Gasteiger partial charge is 0.492 e. The quantitative estimate of drug-likeness (QED) is 0.895. The highest BCUT2D eigenvalue weighted by molar-refractivity contribution is 7.99. The summed E-state index contributed by atoms with van der Waals surface area (Å²) in [6.07, 6.45) is 0.878. The molecule has 0 aliphatic carbocycles. The van der Waals surface area contributed by atoms with E-state index in [9.17, 15) is 4.79 Å². The number of nitrogens with one attached hydrogen (secondary N) is 1. The fourth-order valence-electron chi connectivity index (χ4n) is 2.42. The van der Waals surface area contributed by atoms with Crippen LogP contribution in [-0.4, -0.2) is 26.6 Å². The van der Waals surface area contributed by atoms with Crippen LogP contribution in [0, 0.1) is 0 Å². The highest BCUT2D eigenvalue weighted by Crippen LogP contribution is 2.37. The van der Waals surface area contributed by atoms with Crippen molar-refractivity contribution >= 4 is 11.8 Å². The van der Waals surface area contributed by atoms with Crippen LogP contribution in [-0.2, 0) is 6.54 Å². The summed E-state index contributed by atoms with van der Waals surface area (Å²) in [5.74, 6) is 0.842. The van der Waals surface area contributed by atoms with Crippen molar-refractivity contribution in [3.8, 4) is 5.75 Å². The first kappa shape index (κ1) is 14.2. The molecule has 2 atom stereocenters. The van der Waals surface area contributed by atoms with Gasteiger partial charge in [0.2, 0.25) is 0 Å². The van der Waals surface area contributed by atoms with E-state index in [2.05, 4.69) is 10.2 Å². The SMILES string of the molecule is CCCn1c(SC2COc3ccccc3C2N)n[nH]c1=O. The first-order valence-electron chi connectivity index (χ1n) is 7.00. The number of benzene rings is 1. The molecule has 0 spiro atoms. The van der Waals surface area contributed by atoms with E-state index in [1.807, 2.05) is 31.2 Å². The van der Waals surface area contributed by atoms with Crippen molar-refractivity contribution in [3.05, 3.63) is 40.3 Å². The number of thioether (sulfide) groups is 1. The van der Waals surface area contributed by atoms with E-state index in [1.54, 1.807) is 4.57 Å². The number of rotatable bonds is 4. The summed E-state index contributed by atoms with van der Waals surface area (Å²) < 4.78 is 7.41. The monoisotopic (exact) mass is 306 g/mol. The number of ether oxygens (including phenoxy) is 1. The van der Waals surface area contributed by atoms with E-state index in [1.165, 1.54) is 11.8 Å². The van der Waals surface area contributed by atoms with Gasteiger partial charge in [-0.05, 0) is 12.5 Å². The Balaban J connectivity index is 1.82. The van der Waals surface area contributed by atoms with Crippen LogP contribution < -0.4 is 16.2 Å². The van der Waals surface area contributed by atoms with Crippen LogP contribution in [0.5, 0.6) is 5.75 Å². The number of hydrogen-bond acceptors (Lipinski definition) is 5. The van der Waals surface area contributed by atoms with Crippen LogP contribution in [0.2, 0.25) is 0 Å². The predicted molar refractivity (Wildman–Crippen MR) is 81.6 cm³/mol. The summed E-state index contributed by atoms with van der Waals surface area (Å²) in [4.78, 5) is 11.7. The van der Waals surface area contributed by atoms with Crippen molar-refractivity contribution in [3.63, 3.8) is 0 Å². The van der Waals surface area contributed by atoms with Crippen LogP contribution in [0.1, 0.15) is 24.9 Å². The summed E-state index contributed by atoms with van der Waals surface area (Å²) in [5, 5.41) is 7.30. The summed E-state index contributed by atoms with van der Waals surface area (Å²) in [6.45, 7) is 3.19. The van der Waals surface area contributed by atoms with Gasteiger partial charge in [-0.1, -0.05) is 36.9 Å². The van der Waals surface area contributed by atoms with Gasteiger partial charge in [-0.15, -0.1) is 5.10 Å². The smallest absolute Gasteiger partial charge is 0.343 e. The molecule has 7 heteroatoms. The maximum absolute atomic E-state index is 11.7. The second-order valence-corrected chi connectivity index (χ2v) is 6.20. The minimum absolute atomic E-state index is 0.0331. The number of aromatic amines is 1. The Labute approximate surface area is 126 Å². The van der Waals surface area contributed by atoms with Crippen molar-refractivity contribution in [1.82, 2.24) is 14.8 Å². The zero-order valence-corrected chi connectivity index (χ0v) is 12.6. The Hall–Kier alpha value is -1.73. The van der Waals surface area contributed by atoms with E-state index in [4.69, 9.17) is 10.5 Å². The maximum atomic E-state index is 11.7. The van der Waals surface area contributed by atoms with Crippen molar-refractivity contribution in [2.45, 2.75) is 36.3 Å². The molecule has 1 aromatic heterocycles. The first-order chi connectivity index (χ1) is 10.2. The molecule has 21 heavy (non-hydrogen) atoms. The molecule has 2 heterocycles. The van der Waals surface area contributed by atoms with Gasteiger partial charge in [0.1, 0.15) is 12.4 Å². The molecule has 112 valence electrons. The number of fused-ring (bicyclic) bond motifs is 1. The maximum Gasteiger partial charge on any atom is 0.343 e. The average Bonchev–Trinajstić information content (AvgIpc) is 2.84. The minimum Gasteiger partial charge on any atom is -0.492 e. The summed E-state index contributed by atoms with van der Waals surface area (Å²) >= 11 is 1.49. The number of aromatic nitrogens is 3. The molecule has 0 radical (unpaired) electrons. The Bertz CT molecular complexity index is 682. The Morgan fingerprint density at radius 3 is 3.14 bits per heavy atom. The van der Waals surface area contributed by atoms with E-state index in [0.29, 0.717) is 18.3 Å². The Morgan fingerprint density at radius 1 is 1.52 bits per heavy atom. The van der Waals surface area contributed by atoms with Gasteiger partial charge >= 0.3 is 5.69 Å². The third-order valence-corrected chi connectivity index (χ3v) is 4.76. The van der Waals surface area contributed by atoms with Crippen LogP contribution >= 0.6 is 11.8 Å². The van der Waals surface area contributed by atoms with E-state index in [0.717, 1.165) is 17.7 Å². The molecule has 2 aromatic rings. The molecule has 3 N–H and O–H groups in total. The molecule has 6 nitrogen and oxygen atoms in total. The number of nitrogens with two attached hydrogens (primary N) is 1. The van der Waals surface area contributed by atoms with Crippen molar-refractivity contribution in [2.24, 2.45) is 5.73 Å². The molecule has 0 amide bonds. The lowest BCUT2D eigenvalue weighted by atomic mass is 10.0. The molecular formula is C14H18N4O2S. The van der Waals surface area contributed by atoms with Gasteiger partial charge in [-0.2, -0.15) is 0 Å². The number of H-pyrrole nitrogens is 1. The van der Waals surface area contributed by atoms with Crippen molar-refractivity contribution < 1.29 is 4.74 Å². The van der Waals surface area contributed by atoms with Crippen molar-refractivity contribution in [2.75, 3.05) is 6.61 Å². The molecule has 1 aliphatic rings. The molecule has 0 saturated heterocycles. The summed E-state index contributed by atoms with van der Waals surface area (Å²) in [7, 11) is 0. The van der Waals surface area contributed by atoms with E-state index in [-0.39, 0.29) is 17.0 Å². The minimum atomic E-state index is -0.176. The first-order valence-corrected chi connectivity index (χ1v) is 7.88. The molecule has 3 rings (SSSR count). The zero-order chi connectivity index (χ0) is 14.8. The number of nitrogens with zero attached hydrogens (tertiary/aromatic N) is 2. The molecule has 0 saturated carbocycles. The molecular weight excluding hydrogens is 288 g/mol. The van der Waals surface area contributed by atoms with E-state index < -0.39 is 0 Å². The summed E-state index contributed by atoms with van der Waals surface area (Å²) in [6, 6.07) is 7.66. The van der Waals surface area contributed by atoms with Gasteiger partial charge in [0, 0.05) is 18.2 Å². The third kappa shape index (κ3) is 2.71. The average molecular weight is 306 g/mol. The molecule has 2 unspecified atom stereocenters. The number of para-hydroxylation sites is 1. The molecule has 0 fully saturated rings. The Kier molecular flexibility index (Phi) is 4.03. The van der Waals surface area contributed by atoms with Gasteiger partial charge in [0.25, 0.3) is 0 Å².